The van der Waals surface area contributed by atoms with Crippen molar-refractivity contribution in [1.29, 1.82) is 0 Å². The van der Waals surface area contributed by atoms with E-state index < -0.39 is 0 Å². The molecule has 0 atom stereocenters. The second kappa shape index (κ2) is 7.40. The van der Waals surface area contributed by atoms with Crippen LogP contribution in [-0.4, -0.2) is 28.4 Å². The zero-order valence-corrected chi connectivity index (χ0v) is 17.1. The summed E-state index contributed by atoms with van der Waals surface area (Å²) in [5.41, 5.74) is 2.61. The molecule has 0 unspecified atom stereocenters. The fourth-order valence-corrected chi connectivity index (χ4v) is 4.26. The Hall–Kier alpha value is -1.86. The van der Waals surface area contributed by atoms with E-state index in [0.717, 1.165) is 34.2 Å². The number of imidazole rings is 1. The van der Waals surface area contributed by atoms with Crippen molar-refractivity contribution in [2.24, 2.45) is 4.99 Å². The van der Waals surface area contributed by atoms with E-state index in [-0.39, 0.29) is 5.41 Å². The van der Waals surface area contributed by atoms with Crippen LogP contribution in [0.25, 0.3) is 4.96 Å². The molecule has 2 heterocycles. The summed E-state index contributed by atoms with van der Waals surface area (Å²) in [7, 11) is 0. The van der Waals surface area contributed by atoms with Crippen LogP contribution >= 0.6 is 27.3 Å². The van der Waals surface area contributed by atoms with Gasteiger partial charge in [0.05, 0.1) is 12.2 Å². The van der Waals surface area contributed by atoms with Crippen molar-refractivity contribution in [2.75, 3.05) is 13.1 Å². The van der Waals surface area contributed by atoms with Crippen molar-refractivity contribution >= 4 is 38.2 Å². The zero-order valence-electron chi connectivity index (χ0n) is 14.7. The summed E-state index contributed by atoms with van der Waals surface area (Å²) >= 11 is 5.23. The molecule has 2 aromatic heterocycles. The number of thiazole rings is 1. The summed E-state index contributed by atoms with van der Waals surface area (Å²) in [5.74, 6) is 0.852. The van der Waals surface area contributed by atoms with Gasteiger partial charge in [-0.05, 0) is 37.5 Å². The van der Waals surface area contributed by atoms with Gasteiger partial charge in [-0.3, -0.25) is 4.40 Å². The molecule has 0 saturated heterocycles. The second-order valence-electron chi connectivity index (χ2n) is 6.66. The lowest BCUT2D eigenvalue weighted by Gasteiger charge is -2.19. The third kappa shape index (κ3) is 3.78. The van der Waals surface area contributed by atoms with Gasteiger partial charge >= 0.3 is 0 Å². The van der Waals surface area contributed by atoms with Gasteiger partial charge in [-0.25, -0.2) is 9.98 Å². The largest absolute Gasteiger partial charge is 0.357 e. The number of nitrogens with one attached hydrogen (secondary N) is 2. The van der Waals surface area contributed by atoms with Crippen molar-refractivity contribution in [3.63, 3.8) is 0 Å². The molecule has 0 bridgehead atoms. The summed E-state index contributed by atoms with van der Waals surface area (Å²) in [6, 6.07) is 8.65. The van der Waals surface area contributed by atoms with E-state index in [9.17, 15) is 0 Å². The Kier molecular flexibility index (Phi) is 5.00. The highest BCUT2D eigenvalue weighted by Gasteiger charge is 2.44. The lowest BCUT2D eigenvalue weighted by Crippen LogP contribution is -2.41. The average Bonchev–Trinajstić information content (AvgIpc) is 3.14. The molecule has 1 aliphatic rings. The molecule has 1 saturated carbocycles. The number of guanidine groups is 1. The number of halogens is 1. The molecule has 136 valence electrons. The van der Waals surface area contributed by atoms with Crippen LogP contribution in [0.4, 0.5) is 0 Å². The Morgan fingerprint density at radius 1 is 1.38 bits per heavy atom. The Morgan fingerprint density at radius 3 is 3.00 bits per heavy atom. The van der Waals surface area contributed by atoms with Crippen LogP contribution in [0.1, 0.15) is 31.0 Å². The molecular formula is C19H22BrN5S. The van der Waals surface area contributed by atoms with Gasteiger partial charge in [0.25, 0.3) is 0 Å². The van der Waals surface area contributed by atoms with E-state index in [1.807, 2.05) is 22.2 Å². The molecule has 0 aliphatic heterocycles. The normalized spacial score (nSPS) is 16.0. The summed E-state index contributed by atoms with van der Waals surface area (Å²) < 4.78 is 3.18. The first kappa shape index (κ1) is 17.5. The molecular weight excluding hydrogens is 410 g/mol. The number of fused-ring (bicyclic) bond motifs is 1. The fourth-order valence-electron chi connectivity index (χ4n) is 3.14. The Bertz CT molecular complexity index is 896. The van der Waals surface area contributed by atoms with Crippen molar-refractivity contribution in [1.82, 2.24) is 20.0 Å². The van der Waals surface area contributed by atoms with Crippen molar-refractivity contribution < 1.29 is 0 Å². The molecule has 7 heteroatoms. The third-order valence-electron chi connectivity index (χ3n) is 4.77. The van der Waals surface area contributed by atoms with Gasteiger partial charge in [0.2, 0.25) is 0 Å². The SMILES string of the molecule is CCNC(=NCc1cn2ccsc2n1)NCC1(c2cccc(Br)c2)CC1. The quantitative estimate of drug-likeness (QED) is 0.458. The monoisotopic (exact) mass is 431 g/mol. The van der Waals surface area contributed by atoms with Crippen LogP contribution in [0.15, 0.2) is 51.5 Å². The maximum atomic E-state index is 4.71. The molecule has 5 nitrogen and oxygen atoms in total. The molecule has 1 fully saturated rings. The Balaban J connectivity index is 1.42. The lowest BCUT2D eigenvalue weighted by atomic mass is 9.96. The average molecular weight is 432 g/mol. The number of hydrogen-bond acceptors (Lipinski definition) is 3. The number of benzene rings is 1. The van der Waals surface area contributed by atoms with E-state index in [1.54, 1.807) is 11.3 Å². The highest BCUT2D eigenvalue weighted by Crippen LogP contribution is 2.48. The van der Waals surface area contributed by atoms with Crippen LogP contribution in [0, 0.1) is 0 Å². The predicted octanol–water partition coefficient (Wildman–Crippen LogP) is 3.95. The maximum absolute atomic E-state index is 4.71. The molecule has 0 radical (unpaired) electrons. The van der Waals surface area contributed by atoms with E-state index in [0.29, 0.717) is 6.54 Å². The smallest absolute Gasteiger partial charge is 0.193 e. The van der Waals surface area contributed by atoms with Gasteiger partial charge in [-0.2, -0.15) is 0 Å². The van der Waals surface area contributed by atoms with Crippen LogP contribution in [-0.2, 0) is 12.0 Å². The van der Waals surface area contributed by atoms with E-state index >= 15 is 0 Å². The van der Waals surface area contributed by atoms with Gasteiger partial charge in [0.15, 0.2) is 10.9 Å². The summed E-state index contributed by atoms with van der Waals surface area (Å²) in [5, 5.41) is 8.91. The summed E-state index contributed by atoms with van der Waals surface area (Å²) in [6.45, 7) is 4.40. The Labute approximate surface area is 165 Å². The van der Waals surface area contributed by atoms with Crippen LogP contribution in [0.3, 0.4) is 0 Å². The fraction of sp³-hybridized carbons (Fsp3) is 0.368. The molecule has 26 heavy (non-hydrogen) atoms. The minimum absolute atomic E-state index is 0.233. The van der Waals surface area contributed by atoms with E-state index in [4.69, 9.17) is 4.99 Å². The first-order valence-electron chi connectivity index (χ1n) is 8.88. The molecule has 1 aromatic carbocycles. The summed E-state index contributed by atoms with van der Waals surface area (Å²) in [4.78, 5) is 10.3. The molecule has 1 aliphatic carbocycles. The van der Waals surface area contributed by atoms with Gasteiger partial charge < -0.3 is 10.6 Å². The number of aromatic nitrogens is 2. The standard InChI is InChI=1S/C19H22BrN5S/c1-2-21-17(22-11-16-12-25-8-9-26-18(25)24-16)23-13-19(6-7-19)14-4-3-5-15(20)10-14/h3-5,8-10,12H,2,6-7,11,13H2,1H3,(H2,21,22,23). The van der Waals surface area contributed by atoms with Gasteiger partial charge in [-0.15, -0.1) is 11.3 Å². The minimum Gasteiger partial charge on any atom is -0.357 e. The first-order chi connectivity index (χ1) is 12.7. The van der Waals surface area contributed by atoms with Gasteiger partial charge in [-0.1, -0.05) is 28.1 Å². The predicted molar refractivity (Wildman–Crippen MR) is 111 cm³/mol. The van der Waals surface area contributed by atoms with Gasteiger partial charge in [0, 0.05) is 40.8 Å². The molecule has 0 spiro atoms. The minimum atomic E-state index is 0.233. The van der Waals surface area contributed by atoms with Crippen molar-refractivity contribution in [2.45, 2.75) is 31.7 Å². The molecule has 4 rings (SSSR count). The maximum Gasteiger partial charge on any atom is 0.193 e. The van der Waals surface area contributed by atoms with Crippen molar-refractivity contribution in [3.05, 3.63) is 57.8 Å². The zero-order chi connectivity index (χ0) is 18.0. The van der Waals surface area contributed by atoms with E-state index in [1.165, 1.54) is 18.4 Å². The number of aliphatic imine (C=N–C) groups is 1. The molecule has 2 N–H and O–H groups in total. The summed E-state index contributed by atoms with van der Waals surface area (Å²) in [6.07, 6.45) is 6.50. The number of hydrogen-bond donors (Lipinski definition) is 2. The molecule has 0 amide bonds. The van der Waals surface area contributed by atoms with Crippen LogP contribution in [0.5, 0.6) is 0 Å². The highest BCUT2D eigenvalue weighted by atomic mass is 79.9. The second-order valence-corrected chi connectivity index (χ2v) is 8.45. The van der Waals surface area contributed by atoms with Crippen molar-refractivity contribution in [3.8, 4) is 0 Å². The highest BCUT2D eigenvalue weighted by molar-refractivity contribution is 9.10. The third-order valence-corrected chi connectivity index (χ3v) is 6.04. The van der Waals surface area contributed by atoms with Crippen LogP contribution < -0.4 is 10.6 Å². The molecule has 3 aromatic rings. The lowest BCUT2D eigenvalue weighted by molar-refractivity contribution is 0.645. The van der Waals surface area contributed by atoms with Crippen LogP contribution in [0.2, 0.25) is 0 Å². The number of rotatable bonds is 6. The number of nitrogens with zero attached hydrogens (tertiary/aromatic N) is 3. The van der Waals surface area contributed by atoms with Gasteiger partial charge in [0.1, 0.15) is 0 Å². The Morgan fingerprint density at radius 2 is 2.27 bits per heavy atom. The first-order valence-corrected chi connectivity index (χ1v) is 10.6. The van der Waals surface area contributed by atoms with E-state index in [2.05, 4.69) is 62.7 Å². The topological polar surface area (TPSA) is 53.7 Å².